The molecule has 0 aromatic rings. The van der Waals surface area contributed by atoms with Gasteiger partial charge in [0.05, 0.1) is 40.3 Å². The minimum absolute atomic E-state index is 0.137. The van der Waals surface area contributed by atoms with Crippen molar-refractivity contribution in [1.29, 1.82) is 0 Å². The zero-order valence-corrected chi connectivity index (χ0v) is 64.6. The lowest BCUT2D eigenvalue weighted by molar-refractivity contribution is -0.870. The highest BCUT2D eigenvalue weighted by atomic mass is 16.7. The molecule has 0 saturated carbocycles. The molecular formula is C90H151NO8. The fraction of sp³-hybridized carbons (Fsp3) is 0.678. The van der Waals surface area contributed by atoms with E-state index in [1.807, 2.05) is 21.1 Å². The van der Waals surface area contributed by atoms with Crippen LogP contribution in [0.2, 0.25) is 0 Å². The average Bonchev–Trinajstić information content (AvgIpc) is 1.14. The zero-order chi connectivity index (χ0) is 71.8. The van der Waals surface area contributed by atoms with Crippen molar-refractivity contribution in [3.63, 3.8) is 0 Å². The number of rotatable bonds is 74. The number of unbranched alkanes of at least 4 members (excludes halogenated alkanes) is 33. The molecule has 9 heteroatoms. The standard InChI is InChI=1S/C90H151NO8/c1-6-8-10-12-14-16-18-20-22-24-26-28-30-32-34-36-38-40-42-43-44-45-47-49-51-53-55-57-59-61-63-65-67-69-71-73-75-77-79-81-88(93)99-86(85-98-90(89(94)95)96-83-82-91(3,4)5)84-97-87(92)80-78-76-74-72-70-68-66-64-62-60-58-56-54-52-50-48-46-41-39-37-35-33-31-29-27-25-23-21-19-17-15-13-11-9-7-2/h8,10,14,16,19-22,25-28,32,34,38,40,43-44,47,49,53,55,59,61,65,67,86,90H,6-7,9,11-13,15,17-18,23-24,29-31,33,35-37,39,41-42,45-46,48,50-52,54,56-58,60,62-64,66,68-85H2,1-5H3/b10-8-,16-14-,21-19-,22-20-,27-25-,28-26-,34-32-,40-38-,44-43-,49-47-,55-53-,61-59-,67-65-. The van der Waals surface area contributed by atoms with Gasteiger partial charge in [-0.05, 0) is 128 Å². The molecule has 0 radical (unpaired) electrons. The second kappa shape index (κ2) is 78.6. The molecule has 0 fully saturated rings. The quantitative estimate of drug-likeness (QED) is 0.0195. The zero-order valence-electron chi connectivity index (χ0n) is 64.6. The maximum atomic E-state index is 13.0. The largest absolute Gasteiger partial charge is 0.545 e. The average molecular weight is 1380 g/mol. The third-order valence-electron chi connectivity index (χ3n) is 17.3. The van der Waals surface area contributed by atoms with Crippen LogP contribution in [0, 0.1) is 0 Å². The van der Waals surface area contributed by atoms with Crippen molar-refractivity contribution in [2.45, 2.75) is 347 Å². The van der Waals surface area contributed by atoms with Crippen LogP contribution in [0.3, 0.4) is 0 Å². The highest BCUT2D eigenvalue weighted by molar-refractivity contribution is 5.70. The van der Waals surface area contributed by atoms with Gasteiger partial charge in [0, 0.05) is 12.8 Å². The van der Waals surface area contributed by atoms with Crippen LogP contribution in [0.25, 0.3) is 0 Å². The van der Waals surface area contributed by atoms with Gasteiger partial charge < -0.3 is 33.3 Å². The van der Waals surface area contributed by atoms with E-state index >= 15 is 0 Å². The number of carboxylic acid groups (broad SMARTS) is 1. The van der Waals surface area contributed by atoms with Gasteiger partial charge in [-0.2, -0.15) is 0 Å². The van der Waals surface area contributed by atoms with Gasteiger partial charge in [-0.3, -0.25) is 9.59 Å². The van der Waals surface area contributed by atoms with E-state index in [1.54, 1.807) is 0 Å². The summed E-state index contributed by atoms with van der Waals surface area (Å²) < 4.78 is 22.8. The third kappa shape index (κ3) is 80.1. The van der Waals surface area contributed by atoms with Gasteiger partial charge in [0.1, 0.15) is 13.2 Å². The lowest BCUT2D eigenvalue weighted by atomic mass is 10.0. The monoisotopic (exact) mass is 1370 g/mol. The molecule has 0 amide bonds. The molecule has 0 spiro atoms. The van der Waals surface area contributed by atoms with Crippen molar-refractivity contribution in [1.82, 2.24) is 0 Å². The fourth-order valence-corrected chi connectivity index (χ4v) is 11.1. The summed E-state index contributed by atoms with van der Waals surface area (Å²) in [6.45, 7) is 4.62. The summed E-state index contributed by atoms with van der Waals surface area (Å²) in [5.74, 6) is -2.31. The summed E-state index contributed by atoms with van der Waals surface area (Å²) >= 11 is 0. The number of allylic oxidation sites excluding steroid dienone is 26. The Bertz CT molecular complexity index is 2200. The van der Waals surface area contributed by atoms with Crippen molar-refractivity contribution < 1.29 is 42.9 Å². The molecule has 0 aromatic heterocycles. The number of carbonyl (C=O) groups is 3. The Morgan fingerprint density at radius 3 is 0.859 bits per heavy atom. The van der Waals surface area contributed by atoms with Crippen molar-refractivity contribution >= 4 is 17.9 Å². The van der Waals surface area contributed by atoms with E-state index < -0.39 is 24.3 Å². The van der Waals surface area contributed by atoms with Crippen molar-refractivity contribution in [3.8, 4) is 0 Å². The number of hydrogen-bond donors (Lipinski definition) is 0. The van der Waals surface area contributed by atoms with E-state index in [2.05, 4.69) is 172 Å². The number of ether oxygens (including phenoxy) is 4. The number of hydrogen-bond acceptors (Lipinski definition) is 8. The Morgan fingerprint density at radius 2 is 0.576 bits per heavy atom. The number of quaternary nitrogens is 1. The molecule has 0 heterocycles. The van der Waals surface area contributed by atoms with E-state index in [4.69, 9.17) is 18.9 Å². The Hall–Kier alpha value is -5.09. The summed E-state index contributed by atoms with van der Waals surface area (Å²) in [5, 5.41) is 11.9. The van der Waals surface area contributed by atoms with Crippen LogP contribution >= 0.6 is 0 Å². The first-order valence-electron chi connectivity index (χ1n) is 40.6. The van der Waals surface area contributed by atoms with Gasteiger partial charge in [0.25, 0.3) is 0 Å². The minimum atomic E-state index is -1.64. The van der Waals surface area contributed by atoms with E-state index in [0.29, 0.717) is 17.4 Å². The van der Waals surface area contributed by atoms with Crippen LogP contribution < -0.4 is 5.11 Å². The topological polar surface area (TPSA) is 111 Å². The molecule has 0 rings (SSSR count). The molecule has 0 saturated heterocycles. The number of carbonyl (C=O) groups excluding carboxylic acids is 3. The molecule has 99 heavy (non-hydrogen) atoms. The minimum Gasteiger partial charge on any atom is -0.545 e. The highest BCUT2D eigenvalue weighted by Crippen LogP contribution is 2.18. The molecule has 0 aliphatic heterocycles. The molecule has 9 nitrogen and oxygen atoms in total. The predicted molar refractivity (Wildman–Crippen MR) is 425 cm³/mol. The molecule has 0 N–H and O–H groups in total. The Balaban J connectivity index is 4.12. The number of carboxylic acids is 1. The lowest BCUT2D eigenvalue weighted by Crippen LogP contribution is -2.44. The molecular weight excluding hydrogens is 1220 g/mol. The van der Waals surface area contributed by atoms with Crippen LogP contribution in [-0.2, 0) is 33.3 Å². The first-order chi connectivity index (χ1) is 48.6. The molecule has 0 aromatic carbocycles. The van der Waals surface area contributed by atoms with Crippen molar-refractivity contribution in [3.05, 3.63) is 158 Å². The molecule has 564 valence electrons. The summed E-state index contributed by atoms with van der Waals surface area (Å²) in [5.41, 5.74) is 0. The first kappa shape index (κ1) is 93.9. The van der Waals surface area contributed by atoms with Gasteiger partial charge in [-0.25, -0.2) is 0 Å². The van der Waals surface area contributed by atoms with Gasteiger partial charge in [0.2, 0.25) is 0 Å². The normalized spacial score (nSPS) is 13.5. The van der Waals surface area contributed by atoms with Gasteiger partial charge in [-0.15, -0.1) is 0 Å². The van der Waals surface area contributed by atoms with E-state index in [0.717, 1.165) is 128 Å². The fourth-order valence-electron chi connectivity index (χ4n) is 11.1. The van der Waals surface area contributed by atoms with E-state index in [-0.39, 0.29) is 38.6 Å². The first-order valence-corrected chi connectivity index (χ1v) is 40.6. The number of aliphatic carboxylic acids is 1. The van der Waals surface area contributed by atoms with Crippen molar-refractivity contribution in [2.24, 2.45) is 0 Å². The van der Waals surface area contributed by atoms with Crippen LogP contribution in [0.5, 0.6) is 0 Å². The van der Waals surface area contributed by atoms with Crippen molar-refractivity contribution in [2.75, 3.05) is 47.5 Å². The Morgan fingerprint density at radius 1 is 0.313 bits per heavy atom. The number of nitrogens with zero attached hydrogens (tertiary/aromatic N) is 1. The maximum absolute atomic E-state index is 13.0. The van der Waals surface area contributed by atoms with Crippen LogP contribution in [0.15, 0.2) is 158 Å². The maximum Gasteiger partial charge on any atom is 0.306 e. The third-order valence-corrected chi connectivity index (χ3v) is 17.3. The molecule has 2 unspecified atom stereocenters. The number of likely N-dealkylation sites (N-methyl/N-ethyl adjacent to an activating group) is 1. The Kier molecular flexibility index (Phi) is 74.6. The summed E-state index contributed by atoms with van der Waals surface area (Å²) in [6, 6.07) is 0. The second-order valence-corrected chi connectivity index (χ2v) is 28.0. The predicted octanol–water partition coefficient (Wildman–Crippen LogP) is 25.0. The summed E-state index contributed by atoms with van der Waals surface area (Å²) in [7, 11) is 5.92. The van der Waals surface area contributed by atoms with E-state index in [9.17, 15) is 19.5 Å². The second-order valence-electron chi connectivity index (χ2n) is 28.0. The molecule has 0 aliphatic carbocycles. The van der Waals surface area contributed by atoms with Gasteiger partial charge in [-0.1, -0.05) is 352 Å². The lowest BCUT2D eigenvalue weighted by Gasteiger charge is -2.26. The summed E-state index contributed by atoms with van der Waals surface area (Å²) in [4.78, 5) is 37.6. The smallest absolute Gasteiger partial charge is 0.306 e. The SMILES string of the molecule is CC/C=C\C/C=C\C/C=C\C/C=C\C/C=C\C/C=C\C/C=C\C/C=C\C/C=C\C/C=C\C/C=C\CCCCCCCC(=O)OC(COC(=O)CCCCCCCCCCCCCCCCCCCCCCCCC/C=C\C/C=C\CCCCCCC)COC(OCC[N+](C)(C)C)C(=O)[O-]. The van der Waals surface area contributed by atoms with Crippen LogP contribution in [-0.4, -0.2) is 82.3 Å². The van der Waals surface area contributed by atoms with Gasteiger partial charge >= 0.3 is 11.9 Å². The molecule has 0 aliphatic rings. The highest BCUT2D eigenvalue weighted by Gasteiger charge is 2.22. The number of esters is 2. The van der Waals surface area contributed by atoms with Crippen LogP contribution in [0.1, 0.15) is 335 Å². The summed E-state index contributed by atoms with van der Waals surface area (Å²) in [6.07, 6.45) is 114. The van der Waals surface area contributed by atoms with E-state index in [1.165, 1.54) is 173 Å². The Labute approximate surface area is 610 Å². The molecule has 0 bridgehead atoms. The van der Waals surface area contributed by atoms with Gasteiger partial charge in [0.15, 0.2) is 12.4 Å². The molecule has 2 atom stereocenters. The van der Waals surface area contributed by atoms with Crippen LogP contribution in [0.4, 0.5) is 0 Å².